The summed E-state index contributed by atoms with van der Waals surface area (Å²) in [5, 5.41) is 2.89. The smallest absolute Gasteiger partial charge is 0.311 e. The Morgan fingerprint density at radius 2 is 1.71 bits per heavy atom. The van der Waals surface area contributed by atoms with Crippen LogP contribution in [0.1, 0.15) is 49.9 Å². The molecule has 2 aromatic carbocycles. The molecule has 0 aliphatic carbocycles. The number of benzene rings is 2. The minimum absolute atomic E-state index is 0.0767. The van der Waals surface area contributed by atoms with Crippen molar-refractivity contribution in [2.75, 3.05) is 18.5 Å². The summed E-state index contributed by atoms with van der Waals surface area (Å²) in [5.41, 5.74) is 3.91. The molecule has 0 spiro atoms. The van der Waals surface area contributed by atoms with Gasteiger partial charge in [0.1, 0.15) is 0 Å². The minimum Gasteiger partial charge on any atom is -0.455 e. The molecule has 2 amide bonds. The fourth-order valence-electron chi connectivity index (χ4n) is 4.01. The van der Waals surface area contributed by atoms with Gasteiger partial charge in [0.2, 0.25) is 5.91 Å². The van der Waals surface area contributed by atoms with Gasteiger partial charge >= 0.3 is 5.97 Å². The maximum Gasteiger partial charge on any atom is 0.311 e. The Bertz CT molecular complexity index is 920. The van der Waals surface area contributed by atoms with Crippen LogP contribution < -0.4 is 5.32 Å². The fourth-order valence-corrected chi connectivity index (χ4v) is 4.01. The number of carbonyl (C=O) groups excluding carboxylic acids is 3. The lowest BCUT2D eigenvalue weighted by Gasteiger charge is -2.25. The van der Waals surface area contributed by atoms with E-state index in [0.29, 0.717) is 6.54 Å². The number of nitrogens with zero attached hydrogens (tertiary/aromatic N) is 1. The molecule has 164 valence electrons. The third-order valence-electron chi connectivity index (χ3n) is 5.85. The molecule has 2 atom stereocenters. The van der Waals surface area contributed by atoms with Crippen LogP contribution in [0.3, 0.4) is 0 Å². The zero-order valence-corrected chi connectivity index (χ0v) is 18.4. The lowest BCUT2D eigenvalue weighted by Crippen LogP contribution is -2.30. The van der Waals surface area contributed by atoms with Crippen molar-refractivity contribution in [1.29, 1.82) is 0 Å². The normalized spacial score (nSPS) is 16.8. The van der Waals surface area contributed by atoms with Gasteiger partial charge in [-0.2, -0.15) is 0 Å². The summed E-state index contributed by atoms with van der Waals surface area (Å²) in [6.07, 6.45) is 1.70. The number of anilines is 1. The van der Waals surface area contributed by atoms with Crippen molar-refractivity contribution in [3.8, 4) is 0 Å². The van der Waals surface area contributed by atoms with Crippen LogP contribution in [0, 0.1) is 5.92 Å². The minimum atomic E-state index is -0.555. The van der Waals surface area contributed by atoms with Crippen LogP contribution in [0.25, 0.3) is 0 Å². The second-order valence-electron chi connectivity index (χ2n) is 7.85. The average molecular weight is 423 g/mol. The predicted molar refractivity (Wildman–Crippen MR) is 119 cm³/mol. The number of esters is 1. The Hall–Kier alpha value is -3.15. The number of hydrogen-bond acceptors (Lipinski definition) is 4. The van der Waals surface area contributed by atoms with E-state index in [1.807, 2.05) is 69.3 Å². The number of rotatable bonds is 8. The topological polar surface area (TPSA) is 75.7 Å². The van der Waals surface area contributed by atoms with Gasteiger partial charge in [0.15, 0.2) is 6.61 Å². The summed E-state index contributed by atoms with van der Waals surface area (Å²) in [4.78, 5) is 39.1. The van der Waals surface area contributed by atoms with Crippen molar-refractivity contribution in [2.24, 2.45) is 5.92 Å². The largest absolute Gasteiger partial charge is 0.455 e. The zero-order valence-electron chi connectivity index (χ0n) is 18.4. The van der Waals surface area contributed by atoms with Crippen molar-refractivity contribution < 1.29 is 19.1 Å². The van der Waals surface area contributed by atoms with E-state index in [1.54, 1.807) is 4.90 Å². The Labute approximate surface area is 183 Å². The number of para-hydroxylation sites is 1. The monoisotopic (exact) mass is 422 g/mol. The van der Waals surface area contributed by atoms with Crippen LogP contribution in [-0.2, 0) is 32.0 Å². The first-order chi connectivity index (χ1) is 14.9. The Balaban J connectivity index is 1.56. The van der Waals surface area contributed by atoms with Gasteiger partial charge in [0.05, 0.1) is 12.0 Å². The van der Waals surface area contributed by atoms with E-state index in [2.05, 4.69) is 5.32 Å². The third kappa shape index (κ3) is 5.32. The molecule has 3 rings (SSSR count). The first kappa shape index (κ1) is 22.5. The summed E-state index contributed by atoms with van der Waals surface area (Å²) in [5.74, 6) is -1.51. The van der Waals surface area contributed by atoms with E-state index < -0.39 is 11.9 Å². The first-order valence-corrected chi connectivity index (χ1v) is 10.9. The quantitative estimate of drug-likeness (QED) is 0.655. The van der Waals surface area contributed by atoms with Crippen molar-refractivity contribution >= 4 is 23.5 Å². The number of aryl methyl sites for hydroxylation is 2. The van der Waals surface area contributed by atoms with Gasteiger partial charge in [-0.25, -0.2) is 0 Å². The van der Waals surface area contributed by atoms with Crippen LogP contribution in [0.15, 0.2) is 48.5 Å². The second-order valence-corrected chi connectivity index (χ2v) is 7.85. The van der Waals surface area contributed by atoms with E-state index in [0.717, 1.165) is 35.2 Å². The molecule has 2 aromatic rings. The molecule has 1 heterocycles. The van der Waals surface area contributed by atoms with Gasteiger partial charge in [-0.3, -0.25) is 14.4 Å². The van der Waals surface area contributed by atoms with Crippen LogP contribution in [0.5, 0.6) is 0 Å². The summed E-state index contributed by atoms with van der Waals surface area (Å²) in [7, 11) is 0. The van der Waals surface area contributed by atoms with Crippen LogP contribution >= 0.6 is 0 Å². The molecule has 0 radical (unpaired) electrons. The second kappa shape index (κ2) is 10.2. The summed E-state index contributed by atoms with van der Waals surface area (Å²) >= 11 is 0. The van der Waals surface area contributed by atoms with Gasteiger partial charge in [0, 0.05) is 18.7 Å². The van der Waals surface area contributed by atoms with E-state index >= 15 is 0 Å². The van der Waals surface area contributed by atoms with E-state index in [1.165, 1.54) is 0 Å². The third-order valence-corrected chi connectivity index (χ3v) is 5.85. The first-order valence-electron chi connectivity index (χ1n) is 10.9. The molecule has 6 nitrogen and oxygen atoms in total. The van der Waals surface area contributed by atoms with E-state index in [9.17, 15) is 14.4 Å². The highest BCUT2D eigenvalue weighted by Gasteiger charge is 2.38. The number of amides is 2. The number of ether oxygens (including phenoxy) is 1. The number of likely N-dealkylation sites (tertiary alicyclic amines) is 1. The summed E-state index contributed by atoms with van der Waals surface area (Å²) < 4.78 is 5.26. The van der Waals surface area contributed by atoms with Gasteiger partial charge in [0.25, 0.3) is 5.91 Å². The SMILES string of the molecule is CCc1cccc(CC)c1NC(=O)COC(=O)[C@@H]1CC(=O)N([C@H](C)c2ccccc2)C1. The van der Waals surface area contributed by atoms with Crippen molar-refractivity contribution in [3.05, 3.63) is 65.2 Å². The lowest BCUT2D eigenvalue weighted by molar-refractivity contribution is -0.151. The van der Waals surface area contributed by atoms with Crippen molar-refractivity contribution in [1.82, 2.24) is 4.90 Å². The van der Waals surface area contributed by atoms with Crippen molar-refractivity contribution in [3.63, 3.8) is 0 Å². The maximum atomic E-state index is 12.5. The lowest BCUT2D eigenvalue weighted by atomic mass is 10.0. The molecular weight excluding hydrogens is 392 g/mol. The van der Waals surface area contributed by atoms with Crippen LogP contribution in [-0.4, -0.2) is 35.8 Å². The van der Waals surface area contributed by atoms with Gasteiger partial charge in [-0.15, -0.1) is 0 Å². The maximum absolute atomic E-state index is 12.5. The highest BCUT2D eigenvalue weighted by molar-refractivity contribution is 5.95. The average Bonchev–Trinajstić information content (AvgIpc) is 3.19. The molecule has 1 aliphatic heterocycles. The molecule has 0 unspecified atom stereocenters. The predicted octanol–water partition coefficient (Wildman–Crippen LogP) is 3.90. The molecule has 0 bridgehead atoms. The molecule has 31 heavy (non-hydrogen) atoms. The fraction of sp³-hybridized carbons (Fsp3) is 0.400. The number of nitrogens with one attached hydrogen (secondary N) is 1. The molecule has 1 fully saturated rings. The highest BCUT2D eigenvalue weighted by Crippen LogP contribution is 2.29. The molecule has 1 N–H and O–H groups in total. The molecule has 0 saturated carbocycles. The molecule has 1 saturated heterocycles. The van der Waals surface area contributed by atoms with Crippen LogP contribution in [0.2, 0.25) is 0 Å². The van der Waals surface area contributed by atoms with Gasteiger partial charge < -0.3 is 15.0 Å². The molecule has 1 aliphatic rings. The molecular formula is C25H30N2O4. The van der Waals surface area contributed by atoms with E-state index in [4.69, 9.17) is 4.74 Å². The Kier molecular flexibility index (Phi) is 7.45. The molecule has 0 aromatic heterocycles. The Morgan fingerprint density at radius 1 is 1.06 bits per heavy atom. The van der Waals surface area contributed by atoms with Gasteiger partial charge in [-0.05, 0) is 36.5 Å². The Morgan fingerprint density at radius 3 is 2.32 bits per heavy atom. The van der Waals surface area contributed by atoms with Gasteiger partial charge in [-0.1, -0.05) is 62.4 Å². The standard InChI is InChI=1S/C25H30N2O4/c1-4-18-12-9-13-19(5-2)24(18)26-22(28)16-31-25(30)21-14-23(29)27(15-21)17(3)20-10-7-6-8-11-20/h6-13,17,21H,4-5,14-16H2,1-3H3,(H,26,28)/t17-,21-/m1/s1. The summed E-state index contributed by atoms with van der Waals surface area (Å²) in [6, 6.07) is 15.5. The number of hydrogen-bond donors (Lipinski definition) is 1. The summed E-state index contributed by atoms with van der Waals surface area (Å²) in [6.45, 7) is 5.95. The van der Waals surface area contributed by atoms with Crippen LogP contribution in [0.4, 0.5) is 5.69 Å². The zero-order chi connectivity index (χ0) is 22.4. The number of carbonyl (C=O) groups is 3. The van der Waals surface area contributed by atoms with E-state index in [-0.39, 0.29) is 30.9 Å². The molecule has 6 heteroatoms. The highest BCUT2D eigenvalue weighted by atomic mass is 16.5. The van der Waals surface area contributed by atoms with Crippen molar-refractivity contribution in [2.45, 2.75) is 46.1 Å².